The molecule has 1 saturated heterocycles. The highest BCUT2D eigenvalue weighted by Gasteiger charge is 2.30. The van der Waals surface area contributed by atoms with E-state index in [0.717, 1.165) is 30.0 Å². The summed E-state index contributed by atoms with van der Waals surface area (Å²) in [4.78, 5) is 17.3. The van der Waals surface area contributed by atoms with Crippen LogP contribution in [-0.2, 0) is 0 Å². The van der Waals surface area contributed by atoms with Crippen LogP contribution in [0.3, 0.4) is 0 Å². The molecule has 0 bridgehead atoms. The number of nitrogens with one attached hydrogen (secondary N) is 1. The molecule has 0 aliphatic carbocycles. The number of benzene rings is 1. The summed E-state index contributed by atoms with van der Waals surface area (Å²) < 4.78 is 10.8. The van der Waals surface area contributed by atoms with Gasteiger partial charge in [-0.1, -0.05) is 0 Å². The molecule has 0 spiro atoms. The van der Waals surface area contributed by atoms with E-state index >= 15 is 0 Å². The van der Waals surface area contributed by atoms with E-state index in [1.165, 1.54) is 0 Å². The lowest BCUT2D eigenvalue weighted by Crippen LogP contribution is -2.28. The maximum absolute atomic E-state index is 12.4. The minimum absolute atomic E-state index is 0.0503. The van der Waals surface area contributed by atoms with E-state index in [2.05, 4.69) is 4.98 Å². The molecule has 5 nitrogen and oxygen atoms in total. The van der Waals surface area contributed by atoms with Gasteiger partial charge < -0.3 is 19.4 Å². The van der Waals surface area contributed by atoms with Crippen LogP contribution >= 0.6 is 0 Å². The number of aromatic nitrogens is 1. The number of carbonyl (C=O) groups is 1. The van der Waals surface area contributed by atoms with Gasteiger partial charge in [0.05, 0.1) is 14.2 Å². The van der Waals surface area contributed by atoms with E-state index < -0.39 is 0 Å². The molecule has 116 valence electrons. The van der Waals surface area contributed by atoms with Crippen LogP contribution < -0.4 is 9.47 Å². The maximum atomic E-state index is 12.4. The Morgan fingerprint density at radius 2 is 2.14 bits per heavy atom. The molecule has 1 fully saturated rings. The Balaban J connectivity index is 1.79. The molecule has 1 aliphatic rings. The lowest BCUT2D eigenvalue weighted by Gasteiger charge is -2.18. The van der Waals surface area contributed by atoms with Crippen LogP contribution in [0.15, 0.2) is 36.5 Å². The second kappa shape index (κ2) is 6.13. The molecule has 1 atom stereocenters. The van der Waals surface area contributed by atoms with Crippen molar-refractivity contribution in [2.75, 3.05) is 27.3 Å². The average molecular weight is 300 g/mol. The van der Waals surface area contributed by atoms with Crippen molar-refractivity contribution >= 4 is 5.91 Å². The average Bonchev–Trinajstić information content (AvgIpc) is 3.25. The van der Waals surface area contributed by atoms with Gasteiger partial charge in [-0.25, -0.2) is 0 Å². The van der Waals surface area contributed by atoms with Crippen molar-refractivity contribution in [3.8, 4) is 11.5 Å². The monoisotopic (exact) mass is 300 g/mol. The van der Waals surface area contributed by atoms with Gasteiger partial charge in [0.1, 0.15) is 17.2 Å². The maximum Gasteiger partial charge on any atom is 0.270 e. The Morgan fingerprint density at radius 3 is 2.82 bits per heavy atom. The first kappa shape index (κ1) is 14.5. The van der Waals surface area contributed by atoms with Gasteiger partial charge in [-0.15, -0.1) is 0 Å². The van der Waals surface area contributed by atoms with Crippen LogP contribution in [0.2, 0.25) is 0 Å². The molecule has 1 aromatic heterocycles. The Labute approximate surface area is 129 Å². The van der Waals surface area contributed by atoms with Crippen LogP contribution in [0.25, 0.3) is 0 Å². The second-order valence-electron chi connectivity index (χ2n) is 5.43. The fourth-order valence-electron chi connectivity index (χ4n) is 2.99. The van der Waals surface area contributed by atoms with E-state index in [1.807, 2.05) is 35.2 Å². The quantitative estimate of drug-likeness (QED) is 0.944. The zero-order valence-corrected chi connectivity index (χ0v) is 12.8. The number of ether oxygens (including phenoxy) is 2. The van der Waals surface area contributed by atoms with Crippen molar-refractivity contribution in [1.29, 1.82) is 0 Å². The van der Waals surface area contributed by atoms with Crippen molar-refractivity contribution < 1.29 is 14.3 Å². The van der Waals surface area contributed by atoms with Gasteiger partial charge in [0.25, 0.3) is 5.91 Å². The molecule has 0 saturated carbocycles. The van der Waals surface area contributed by atoms with E-state index in [0.29, 0.717) is 12.2 Å². The van der Waals surface area contributed by atoms with Gasteiger partial charge in [-0.2, -0.15) is 0 Å². The number of H-pyrrole nitrogens is 1. The summed E-state index contributed by atoms with van der Waals surface area (Å²) in [5, 5.41) is 0. The van der Waals surface area contributed by atoms with Crippen LogP contribution in [0.5, 0.6) is 11.5 Å². The molecule has 1 aliphatic heterocycles. The summed E-state index contributed by atoms with van der Waals surface area (Å²) in [5.74, 6) is 1.98. The third-order valence-corrected chi connectivity index (χ3v) is 4.18. The van der Waals surface area contributed by atoms with Crippen molar-refractivity contribution in [1.82, 2.24) is 9.88 Å². The second-order valence-corrected chi connectivity index (χ2v) is 5.43. The standard InChI is InChI=1S/C17H20N2O3/c1-21-13-5-6-16(22-2)14(10-13)12-7-9-19(11-12)17(20)15-4-3-8-18-15/h3-6,8,10,12,18H,7,9,11H2,1-2H3. The van der Waals surface area contributed by atoms with E-state index in [9.17, 15) is 4.79 Å². The highest BCUT2D eigenvalue weighted by atomic mass is 16.5. The van der Waals surface area contributed by atoms with Crippen LogP contribution in [0, 0.1) is 0 Å². The number of rotatable bonds is 4. The van der Waals surface area contributed by atoms with Crippen LogP contribution in [0.4, 0.5) is 0 Å². The minimum Gasteiger partial charge on any atom is -0.497 e. The molecular formula is C17H20N2O3. The Morgan fingerprint density at radius 1 is 1.27 bits per heavy atom. The highest BCUT2D eigenvalue weighted by Crippen LogP contribution is 2.36. The molecule has 5 heteroatoms. The van der Waals surface area contributed by atoms with Gasteiger partial charge in [-0.05, 0) is 36.8 Å². The number of hydrogen-bond donors (Lipinski definition) is 1. The molecular weight excluding hydrogens is 280 g/mol. The van der Waals surface area contributed by atoms with Gasteiger partial charge >= 0.3 is 0 Å². The third kappa shape index (κ3) is 2.66. The topological polar surface area (TPSA) is 54.6 Å². The fourth-order valence-corrected chi connectivity index (χ4v) is 2.99. The number of likely N-dealkylation sites (tertiary alicyclic amines) is 1. The SMILES string of the molecule is COc1ccc(OC)c(C2CCN(C(=O)c3ccc[nH]3)C2)c1. The number of nitrogens with zero attached hydrogens (tertiary/aromatic N) is 1. The molecule has 1 amide bonds. The molecule has 2 heterocycles. The van der Waals surface area contributed by atoms with E-state index in [1.54, 1.807) is 20.4 Å². The first-order valence-electron chi connectivity index (χ1n) is 7.37. The van der Waals surface area contributed by atoms with Crippen molar-refractivity contribution in [2.24, 2.45) is 0 Å². The summed E-state index contributed by atoms with van der Waals surface area (Å²) in [6.45, 7) is 1.45. The largest absolute Gasteiger partial charge is 0.497 e. The highest BCUT2D eigenvalue weighted by molar-refractivity contribution is 5.92. The summed E-state index contributed by atoms with van der Waals surface area (Å²) in [6, 6.07) is 9.46. The molecule has 1 unspecified atom stereocenters. The predicted molar refractivity (Wildman–Crippen MR) is 83.6 cm³/mol. The van der Waals surface area contributed by atoms with Gasteiger partial charge in [-0.3, -0.25) is 4.79 Å². The molecule has 0 radical (unpaired) electrons. The smallest absolute Gasteiger partial charge is 0.270 e. The first-order valence-corrected chi connectivity index (χ1v) is 7.37. The number of aromatic amines is 1. The summed E-state index contributed by atoms with van der Waals surface area (Å²) in [6.07, 6.45) is 2.70. The predicted octanol–water partition coefficient (Wildman–Crippen LogP) is 2.66. The van der Waals surface area contributed by atoms with Crippen molar-refractivity contribution in [3.63, 3.8) is 0 Å². The first-order chi connectivity index (χ1) is 10.7. The lowest BCUT2D eigenvalue weighted by molar-refractivity contribution is 0.0785. The number of amides is 1. The summed E-state index contributed by atoms with van der Waals surface area (Å²) in [7, 11) is 3.32. The number of hydrogen-bond acceptors (Lipinski definition) is 3. The minimum atomic E-state index is 0.0503. The third-order valence-electron chi connectivity index (χ3n) is 4.18. The van der Waals surface area contributed by atoms with Gasteiger partial charge in [0, 0.05) is 30.8 Å². The lowest BCUT2D eigenvalue weighted by atomic mass is 9.97. The fraction of sp³-hybridized carbons (Fsp3) is 0.353. The normalized spacial score (nSPS) is 17.5. The van der Waals surface area contributed by atoms with E-state index in [-0.39, 0.29) is 11.8 Å². The summed E-state index contributed by atoms with van der Waals surface area (Å²) >= 11 is 0. The molecule has 3 rings (SSSR count). The molecule has 22 heavy (non-hydrogen) atoms. The number of methoxy groups -OCH3 is 2. The molecule has 1 N–H and O–H groups in total. The van der Waals surface area contributed by atoms with Crippen LogP contribution in [-0.4, -0.2) is 43.1 Å². The summed E-state index contributed by atoms with van der Waals surface area (Å²) in [5.41, 5.74) is 1.74. The Hall–Kier alpha value is -2.43. The van der Waals surface area contributed by atoms with Crippen molar-refractivity contribution in [3.05, 3.63) is 47.8 Å². The molecule has 2 aromatic rings. The Kier molecular flexibility index (Phi) is 4.04. The van der Waals surface area contributed by atoms with Crippen molar-refractivity contribution in [2.45, 2.75) is 12.3 Å². The van der Waals surface area contributed by atoms with E-state index in [4.69, 9.17) is 9.47 Å². The zero-order chi connectivity index (χ0) is 15.5. The molecule has 1 aromatic carbocycles. The van der Waals surface area contributed by atoms with Gasteiger partial charge in [0.2, 0.25) is 0 Å². The van der Waals surface area contributed by atoms with Gasteiger partial charge in [0.15, 0.2) is 0 Å². The Bertz CT molecular complexity index is 652. The van der Waals surface area contributed by atoms with Crippen LogP contribution in [0.1, 0.15) is 28.4 Å². The zero-order valence-electron chi connectivity index (χ0n) is 12.8. The number of carbonyl (C=O) groups excluding carboxylic acids is 1.